The molecule has 1 heterocycles. The van der Waals surface area contributed by atoms with Gasteiger partial charge in [-0.05, 0) is 48.0 Å². The van der Waals surface area contributed by atoms with Gasteiger partial charge in [0.1, 0.15) is 30.1 Å². The van der Waals surface area contributed by atoms with E-state index in [0.717, 1.165) is 16.6 Å². The number of allylic oxidation sites excluding steroid dienone is 1. The summed E-state index contributed by atoms with van der Waals surface area (Å²) in [6, 6.07) is 21.5. The van der Waals surface area contributed by atoms with Gasteiger partial charge in [0.05, 0.1) is 21.6 Å². The Bertz CT molecular complexity index is 1200. The molecule has 0 fully saturated rings. The number of fused-ring (bicyclic) bond motifs is 1. The molecule has 29 heavy (non-hydrogen) atoms. The standard InChI is InChI=1S/C23H15ClFN3O/c24-19-7-4-8-20(25)18(19)14-29-17-6-3-5-15(12-17)11-16(13-26)23-27-21-9-1-2-10-22(21)28-23/h1-12H,14H2,(H,27,28). The van der Waals surface area contributed by atoms with Crippen LogP contribution in [0.5, 0.6) is 5.75 Å². The maximum Gasteiger partial charge on any atom is 0.149 e. The van der Waals surface area contributed by atoms with Gasteiger partial charge in [-0.25, -0.2) is 9.37 Å². The molecule has 0 aliphatic rings. The molecule has 1 aromatic heterocycles. The van der Waals surface area contributed by atoms with E-state index in [1.165, 1.54) is 6.07 Å². The molecule has 0 unspecified atom stereocenters. The van der Waals surface area contributed by atoms with Crippen LogP contribution >= 0.6 is 11.6 Å². The molecule has 0 saturated carbocycles. The summed E-state index contributed by atoms with van der Waals surface area (Å²) in [6.07, 6.45) is 1.72. The molecule has 0 saturated heterocycles. The number of imidazole rings is 1. The number of nitrogens with zero attached hydrogens (tertiary/aromatic N) is 2. The Hall–Kier alpha value is -3.62. The van der Waals surface area contributed by atoms with Crippen LogP contribution in [-0.4, -0.2) is 9.97 Å². The summed E-state index contributed by atoms with van der Waals surface area (Å²) in [5.74, 6) is 0.628. The van der Waals surface area contributed by atoms with Gasteiger partial charge in [0.2, 0.25) is 0 Å². The number of ether oxygens (including phenoxy) is 1. The van der Waals surface area contributed by atoms with Gasteiger partial charge in [-0.2, -0.15) is 5.26 Å². The van der Waals surface area contributed by atoms with Crippen molar-refractivity contribution < 1.29 is 9.13 Å². The molecule has 0 spiro atoms. The first-order valence-electron chi connectivity index (χ1n) is 8.87. The molecule has 4 rings (SSSR count). The van der Waals surface area contributed by atoms with Gasteiger partial charge in [-0.15, -0.1) is 0 Å². The van der Waals surface area contributed by atoms with Crippen molar-refractivity contribution in [1.29, 1.82) is 5.26 Å². The lowest BCUT2D eigenvalue weighted by Gasteiger charge is -2.09. The first-order chi connectivity index (χ1) is 14.1. The molecule has 1 N–H and O–H groups in total. The highest BCUT2D eigenvalue weighted by Gasteiger charge is 2.09. The molecule has 0 bridgehead atoms. The van der Waals surface area contributed by atoms with Crippen molar-refractivity contribution in [3.63, 3.8) is 0 Å². The topological polar surface area (TPSA) is 61.7 Å². The van der Waals surface area contributed by atoms with Crippen molar-refractivity contribution in [2.75, 3.05) is 0 Å². The van der Waals surface area contributed by atoms with Gasteiger partial charge in [0.25, 0.3) is 0 Å². The Morgan fingerprint density at radius 3 is 2.76 bits per heavy atom. The number of aromatic amines is 1. The van der Waals surface area contributed by atoms with Crippen LogP contribution in [0.15, 0.2) is 66.7 Å². The van der Waals surface area contributed by atoms with E-state index in [1.807, 2.05) is 30.3 Å². The average molecular weight is 404 g/mol. The SMILES string of the molecule is N#CC(=Cc1cccc(OCc2c(F)cccc2Cl)c1)c1nc2ccccc2[nH]1. The van der Waals surface area contributed by atoms with E-state index in [9.17, 15) is 9.65 Å². The predicted octanol–water partition coefficient (Wildman–Crippen LogP) is 6.00. The zero-order chi connectivity index (χ0) is 20.2. The lowest BCUT2D eigenvalue weighted by molar-refractivity contribution is 0.300. The van der Waals surface area contributed by atoms with Gasteiger partial charge >= 0.3 is 0 Å². The molecule has 0 radical (unpaired) electrons. The summed E-state index contributed by atoms with van der Waals surface area (Å²) in [5.41, 5.74) is 3.12. The number of hydrogen-bond donors (Lipinski definition) is 1. The Morgan fingerprint density at radius 2 is 1.97 bits per heavy atom. The number of benzene rings is 3. The summed E-state index contributed by atoms with van der Waals surface area (Å²) >= 11 is 6.04. The van der Waals surface area contributed by atoms with E-state index >= 15 is 0 Å². The third-order valence-corrected chi connectivity index (χ3v) is 4.73. The minimum Gasteiger partial charge on any atom is -0.489 e. The fourth-order valence-corrected chi connectivity index (χ4v) is 3.14. The van der Waals surface area contributed by atoms with E-state index in [0.29, 0.717) is 27.7 Å². The van der Waals surface area contributed by atoms with Crippen LogP contribution in [0.2, 0.25) is 5.02 Å². The predicted molar refractivity (Wildman–Crippen MR) is 112 cm³/mol. The maximum atomic E-state index is 13.9. The van der Waals surface area contributed by atoms with Crippen LogP contribution in [0.25, 0.3) is 22.7 Å². The summed E-state index contributed by atoms with van der Waals surface area (Å²) in [5, 5.41) is 9.90. The molecule has 4 aromatic rings. The lowest BCUT2D eigenvalue weighted by Crippen LogP contribution is -1.99. The summed E-state index contributed by atoms with van der Waals surface area (Å²) < 4.78 is 19.6. The second kappa shape index (κ2) is 8.17. The fraction of sp³-hybridized carbons (Fsp3) is 0.0435. The highest BCUT2D eigenvalue weighted by atomic mass is 35.5. The van der Waals surface area contributed by atoms with Gasteiger partial charge in [-0.3, -0.25) is 0 Å². The van der Waals surface area contributed by atoms with Crippen LogP contribution in [0.1, 0.15) is 17.0 Å². The molecule has 142 valence electrons. The summed E-state index contributed by atoms with van der Waals surface area (Å²) in [4.78, 5) is 7.62. The van der Waals surface area contributed by atoms with Crippen LogP contribution in [0, 0.1) is 17.1 Å². The molecule has 3 aromatic carbocycles. The van der Waals surface area contributed by atoms with Crippen molar-refractivity contribution >= 4 is 34.3 Å². The molecule has 0 amide bonds. The van der Waals surface area contributed by atoms with E-state index in [1.54, 1.807) is 36.4 Å². The Balaban J connectivity index is 1.58. The number of nitrogens with one attached hydrogen (secondary N) is 1. The highest BCUT2D eigenvalue weighted by molar-refractivity contribution is 6.31. The second-order valence-corrected chi connectivity index (χ2v) is 6.74. The molecular weight excluding hydrogens is 389 g/mol. The van der Waals surface area contributed by atoms with E-state index in [4.69, 9.17) is 16.3 Å². The number of halogens is 2. The second-order valence-electron chi connectivity index (χ2n) is 6.33. The fourth-order valence-electron chi connectivity index (χ4n) is 2.92. The van der Waals surface area contributed by atoms with E-state index < -0.39 is 5.82 Å². The largest absolute Gasteiger partial charge is 0.489 e. The maximum absolute atomic E-state index is 13.9. The van der Waals surface area contributed by atoms with Crippen LogP contribution in [0.3, 0.4) is 0 Å². The number of aromatic nitrogens is 2. The smallest absolute Gasteiger partial charge is 0.149 e. The number of hydrogen-bond acceptors (Lipinski definition) is 3. The third-order valence-electron chi connectivity index (χ3n) is 4.38. The Labute approximate surface area is 171 Å². The van der Waals surface area contributed by atoms with Gasteiger partial charge in [0.15, 0.2) is 0 Å². The molecule has 4 nitrogen and oxygen atoms in total. The third kappa shape index (κ3) is 4.13. The van der Waals surface area contributed by atoms with E-state index in [-0.39, 0.29) is 6.61 Å². The van der Waals surface area contributed by atoms with Gasteiger partial charge < -0.3 is 9.72 Å². The summed E-state index contributed by atoms with van der Waals surface area (Å²) in [6.45, 7) is 0.00730. The minimum absolute atomic E-state index is 0.00730. The lowest BCUT2D eigenvalue weighted by atomic mass is 10.1. The van der Waals surface area contributed by atoms with Crippen molar-refractivity contribution in [3.05, 3.63) is 94.5 Å². The highest BCUT2D eigenvalue weighted by Crippen LogP contribution is 2.24. The number of nitriles is 1. The zero-order valence-electron chi connectivity index (χ0n) is 15.2. The van der Waals surface area contributed by atoms with Crippen molar-refractivity contribution in [2.45, 2.75) is 6.61 Å². The normalized spacial score (nSPS) is 11.4. The molecule has 6 heteroatoms. The Kier molecular flexibility index (Phi) is 5.28. The van der Waals surface area contributed by atoms with Crippen molar-refractivity contribution in [1.82, 2.24) is 9.97 Å². The first kappa shape index (κ1) is 18.7. The van der Waals surface area contributed by atoms with Crippen LogP contribution < -0.4 is 4.74 Å². The minimum atomic E-state index is -0.412. The van der Waals surface area contributed by atoms with E-state index in [2.05, 4.69) is 16.0 Å². The molecule has 0 atom stereocenters. The molecule has 0 aliphatic carbocycles. The first-order valence-corrected chi connectivity index (χ1v) is 9.24. The molecular formula is C23H15ClFN3O. The monoisotopic (exact) mass is 403 g/mol. The van der Waals surface area contributed by atoms with Gasteiger partial charge in [0, 0.05) is 5.56 Å². The summed E-state index contributed by atoms with van der Waals surface area (Å²) in [7, 11) is 0. The van der Waals surface area contributed by atoms with Crippen LogP contribution in [-0.2, 0) is 6.61 Å². The zero-order valence-corrected chi connectivity index (χ0v) is 15.9. The Morgan fingerprint density at radius 1 is 1.14 bits per heavy atom. The van der Waals surface area contributed by atoms with Gasteiger partial charge in [-0.1, -0.05) is 41.9 Å². The average Bonchev–Trinajstić information content (AvgIpc) is 3.16. The van der Waals surface area contributed by atoms with Crippen molar-refractivity contribution in [2.24, 2.45) is 0 Å². The number of para-hydroxylation sites is 2. The number of H-pyrrole nitrogens is 1. The van der Waals surface area contributed by atoms with Crippen molar-refractivity contribution in [3.8, 4) is 11.8 Å². The quantitative estimate of drug-likeness (QED) is 0.416. The van der Waals surface area contributed by atoms with Crippen LogP contribution in [0.4, 0.5) is 4.39 Å². The number of rotatable bonds is 5. The molecule has 0 aliphatic heterocycles.